The lowest BCUT2D eigenvalue weighted by molar-refractivity contribution is 0.418. The largest absolute Gasteiger partial charge is 0.334 e. The summed E-state index contributed by atoms with van der Waals surface area (Å²) in [6, 6.07) is -0.188. The number of aryl methyl sites for hydroxylation is 2. The van der Waals surface area contributed by atoms with E-state index in [1.807, 2.05) is 11.5 Å². The molecule has 1 aliphatic carbocycles. The molecule has 19 heavy (non-hydrogen) atoms. The minimum atomic E-state index is -3.57. The van der Waals surface area contributed by atoms with Gasteiger partial charge in [0.1, 0.15) is 5.82 Å². The summed E-state index contributed by atoms with van der Waals surface area (Å²) >= 11 is 6.19. The van der Waals surface area contributed by atoms with E-state index in [9.17, 15) is 8.42 Å². The van der Waals surface area contributed by atoms with E-state index in [0.29, 0.717) is 12.4 Å². The van der Waals surface area contributed by atoms with Gasteiger partial charge in [-0.2, -0.15) is 0 Å². The summed E-state index contributed by atoms with van der Waals surface area (Å²) < 4.78 is 29.1. The monoisotopic (exact) mass is 305 g/mol. The maximum Gasteiger partial charge on any atom is 0.259 e. The van der Waals surface area contributed by atoms with E-state index in [1.165, 1.54) is 0 Å². The summed E-state index contributed by atoms with van der Waals surface area (Å²) in [7, 11) is -3.57. The maximum atomic E-state index is 12.3. The maximum absolute atomic E-state index is 12.3. The average molecular weight is 306 g/mol. The number of halogens is 1. The highest BCUT2D eigenvalue weighted by Gasteiger charge is 2.29. The molecule has 0 aliphatic heterocycles. The third-order valence-corrected chi connectivity index (χ3v) is 5.44. The van der Waals surface area contributed by atoms with Crippen LogP contribution in [-0.2, 0) is 16.6 Å². The number of sulfonamides is 1. The molecule has 1 aromatic rings. The van der Waals surface area contributed by atoms with Gasteiger partial charge in [0.25, 0.3) is 10.0 Å². The van der Waals surface area contributed by atoms with Crippen LogP contribution in [-0.4, -0.2) is 29.4 Å². The molecule has 1 fully saturated rings. The molecule has 0 radical (unpaired) electrons. The van der Waals surface area contributed by atoms with Crippen molar-refractivity contribution in [2.75, 3.05) is 0 Å². The minimum absolute atomic E-state index is 0.0845. The van der Waals surface area contributed by atoms with Crippen molar-refractivity contribution in [1.29, 1.82) is 0 Å². The molecule has 2 unspecified atom stereocenters. The topological polar surface area (TPSA) is 64.0 Å². The van der Waals surface area contributed by atoms with Crippen LogP contribution in [0.5, 0.6) is 0 Å². The number of rotatable bonds is 4. The first-order valence-electron chi connectivity index (χ1n) is 6.64. The Morgan fingerprint density at radius 1 is 1.47 bits per heavy atom. The highest BCUT2D eigenvalue weighted by atomic mass is 35.5. The molecule has 2 atom stereocenters. The summed E-state index contributed by atoms with van der Waals surface area (Å²) in [5.41, 5.74) is 0. The van der Waals surface area contributed by atoms with E-state index in [1.54, 1.807) is 13.1 Å². The molecule has 5 nitrogen and oxygen atoms in total. The second-order valence-corrected chi connectivity index (χ2v) is 7.16. The van der Waals surface area contributed by atoms with E-state index in [2.05, 4.69) is 9.71 Å². The smallest absolute Gasteiger partial charge is 0.259 e. The second-order valence-electron chi connectivity index (χ2n) is 4.94. The van der Waals surface area contributed by atoms with Gasteiger partial charge < -0.3 is 4.57 Å². The number of imidazole rings is 1. The normalized spacial score (nSPS) is 24.6. The number of hydrogen-bond acceptors (Lipinski definition) is 3. The van der Waals surface area contributed by atoms with Crippen molar-refractivity contribution in [1.82, 2.24) is 14.3 Å². The Morgan fingerprint density at radius 2 is 2.16 bits per heavy atom. The molecule has 1 aromatic heterocycles. The van der Waals surface area contributed by atoms with E-state index < -0.39 is 10.0 Å². The van der Waals surface area contributed by atoms with E-state index in [-0.39, 0.29) is 16.4 Å². The van der Waals surface area contributed by atoms with Gasteiger partial charge in [0, 0.05) is 24.2 Å². The predicted octanol–water partition coefficient (Wildman–Crippen LogP) is 2.04. The van der Waals surface area contributed by atoms with Crippen LogP contribution in [0.4, 0.5) is 0 Å². The molecule has 7 heteroatoms. The third-order valence-electron chi connectivity index (χ3n) is 3.56. The van der Waals surface area contributed by atoms with Crippen LogP contribution in [0.25, 0.3) is 0 Å². The molecule has 108 valence electrons. The van der Waals surface area contributed by atoms with Crippen molar-refractivity contribution >= 4 is 21.6 Å². The number of hydrogen-bond donors (Lipinski definition) is 1. The minimum Gasteiger partial charge on any atom is -0.334 e. The third kappa shape index (κ3) is 3.30. The fourth-order valence-corrected chi connectivity index (χ4v) is 4.14. The molecule has 0 saturated heterocycles. The van der Waals surface area contributed by atoms with Gasteiger partial charge in [-0.1, -0.05) is 12.8 Å². The lowest BCUT2D eigenvalue weighted by Gasteiger charge is -2.27. The summed E-state index contributed by atoms with van der Waals surface area (Å²) in [6.07, 6.45) is 5.30. The lowest BCUT2D eigenvalue weighted by atomic mass is 9.96. The van der Waals surface area contributed by atoms with Crippen LogP contribution < -0.4 is 4.72 Å². The number of nitrogens with one attached hydrogen (secondary N) is 1. The molecule has 2 rings (SSSR count). The molecule has 1 heterocycles. The standard InChI is InChI=1S/C12H20ClN3O2S/c1-3-16-8-12(14-9(16)2)19(17,18)15-11-7-5-4-6-10(11)13/h8,10-11,15H,3-7H2,1-2H3. The highest BCUT2D eigenvalue weighted by molar-refractivity contribution is 7.89. The van der Waals surface area contributed by atoms with Crippen molar-refractivity contribution < 1.29 is 8.42 Å². The fraction of sp³-hybridized carbons (Fsp3) is 0.750. The van der Waals surface area contributed by atoms with E-state index in [4.69, 9.17) is 11.6 Å². The van der Waals surface area contributed by atoms with Gasteiger partial charge in [0.15, 0.2) is 5.03 Å². The van der Waals surface area contributed by atoms with E-state index in [0.717, 1.165) is 25.7 Å². The van der Waals surface area contributed by atoms with Crippen LogP contribution in [0.1, 0.15) is 38.4 Å². The van der Waals surface area contributed by atoms with Gasteiger partial charge in [-0.3, -0.25) is 0 Å². The number of nitrogens with zero attached hydrogens (tertiary/aromatic N) is 2. The van der Waals surface area contributed by atoms with Crippen LogP contribution >= 0.6 is 11.6 Å². The van der Waals surface area contributed by atoms with Crippen LogP contribution in [0.15, 0.2) is 11.2 Å². The lowest BCUT2D eigenvalue weighted by Crippen LogP contribution is -2.42. The molecule has 0 bridgehead atoms. The Hall–Kier alpha value is -0.590. The Bertz CT molecular complexity index is 541. The SMILES string of the molecule is CCn1cc(S(=O)(=O)NC2CCCCC2Cl)nc1C. The Labute approximate surface area is 119 Å². The summed E-state index contributed by atoms with van der Waals surface area (Å²) in [6.45, 7) is 4.46. The molecular formula is C12H20ClN3O2S. The van der Waals surface area contributed by atoms with Gasteiger partial charge in [-0.25, -0.2) is 18.1 Å². The van der Waals surface area contributed by atoms with Crippen molar-refractivity contribution in [3.8, 4) is 0 Å². The molecular weight excluding hydrogens is 286 g/mol. The summed E-state index contributed by atoms with van der Waals surface area (Å²) in [5.74, 6) is 0.703. The van der Waals surface area contributed by atoms with Crippen LogP contribution in [0.2, 0.25) is 0 Å². The van der Waals surface area contributed by atoms with Crippen LogP contribution in [0.3, 0.4) is 0 Å². The van der Waals surface area contributed by atoms with Gasteiger partial charge in [-0.15, -0.1) is 11.6 Å². The first-order chi connectivity index (χ1) is 8.94. The summed E-state index contributed by atoms with van der Waals surface area (Å²) in [4.78, 5) is 4.11. The van der Waals surface area contributed by atoms with Crippen molar-refractivity contribution in [3.63, 3.8) is 0 Å². The van der Waals surface area contributed by atoms with Gasteiger partial charge in [0.2, 0.25) is 0 Å². The Kier molecular flexibility index (Phi) is 4.53. The number of aromatic nitrogens is 2. The average Bonchev–Trinajstić information content (AvgIpc) is 2.74. The first-order valence-corrected chi connectivity index (χ1v) is 8.56. The zero-order valence-electron chi connectivity index (χ0n) is 11.3. The van der Waals surface area contributed by atoms with E-state index >= 15 is 0 Å². The molecule has 1 N–H and O–H groups in total. The summed E-state index contributed by atoms with van der Waals surface area (Å²) in [5, 5.41) is -0.0424. The zero-order chi connectivity index (χ0) is 14.0. The first kappa shape index (κ1) is 14.8. The quantitative estimate of drug-likeness (QED) is 0.866. The highest BCUT2D eigenvalue weighted by Crippen LogP contribution is 2.24. The van der Waals surface area contributed by atoms with Crippen molar-refractivity contribution in [2.45, 2.75) is 62.5 Å². The fourth-order valence-electron chi connectivity index (χ4n) is 2.41. The Balaban J connectivity index is 2.17. The zero-order valence-corrected chi connectivity index (χ0v) is 12.8. The van der Waals surface area contributed by atoms with Gasteiger partial charge in [0.05, 0.1) is 0 Å². The van der Waals surface area contributed by atoms with Gasteiger partial charge >= 0.3 is 0 Å². The number of alkyl halides is 1. The van der Waals surface area contributed by atoms with Crippen molar-refractivity contribution in [3.05, 3.63) is 12.0 Å². The molecule has 1 aliphatic rings. The van der Waals surface area contributed by atoms with Crippen LogP contribution in [0, 0.1) is 6.92 Å². The van der Waals surface area contributed by atoms with Crippen molar-refractivity contribution in [2.24, 2.45) is 0 Å². The Morgan fingerprint density at radius 3 is 2.74 bits per heavy atom. The molecule has 0 amide bonds. The molecule has 1 saturated carbocycles. The molecule has 0 aromatic carbocycles. The van der Waals surface area contributed by atoms with Gasteiger partial charge in [-0.05, 0) is 26.7 Å². The second kappa shape index (κ2) is 5.81. The molecule has 0 spiro atoms. The predicted molar refractivity (Wildman–Crippen MR) is 74.9 cm³/mol.